The van der Waals surface area contributed by atoms with Crippen LogP contribution in [0.5, 0.6) is 0 Å². The van der Waals surface area contributed by atoms with Gasteiger partial charge in [0.05, 0.1) is 0 Å². The molecule has 0 fully saturated rings. The molecular weight excluding hydrogens is 272 g/mol. The topological polar surface area (TPSA) is 40.1 Å². The van der Waals surface area contributed by atoms with Crippen LogP contribution in [0.2, 0.25) is 0 Å². The molecule has 10 heteroatoms. The second-order valence-electron chi connectivity index (χ2n) is 2.99. The average Bonchev–Trinajstić information content (AvgIpc) is 1.96. The molecule has 16 heavy (non-hydrogen) atoms. The Morgan fingerprint density at radius 3 is 1.31 bits per heavy atom. The van der Waals surface area contributed by atoms with Crippen molar-refractivity contribution in [2.24, 2.45) is 0 Å². The fraction of sp³-hybridized carbons (Fsp3) is 1.00. The van der Waals surface area contributed by atoms with Crippen molar-refractivity contribution in [3.8, 4) is 0 Å². The third-order valence-electron chi connectivity index (χ3n) is 1.47. The molecule has 0 saturated heterocycles. The Kier molecular flexibility index (Phi) is 7.93. The van der Waals surface area contributed by atoms with Crippen molar-refractivity contribution >= 4 is 7.37 Å². The summed E-state index contributed by atoms with van der Waals surface area (Å²) in [7, 11) is -4.58. The summed E-state index contributed by atoms with van der Waals surface area (Å²) in [6, 6.07) is 0. The van der Waals surface area contributed by atoms with Gasteiger partial charge in [-0.25, -0.2) is 0 Å². The van der Waals surface area contributed by atoms with Gasteiger partial charge >= 0.3 is 41.9 Å². The summed E-state index contributed by atoms with van der Waals surface area (Å²) in [6.07, 6.45) is -15.1. The normalized spacial score (nSPS) is 13.4. The number of hydrogen-bond acceptors (Lipinski definition) is 2. The van der Waals surface area contributed by atoms with Gasteiger partial charge in [0.15, 0.2) is 0 Å². The zero-order valence-corrected chi connectivity index (χ0v) is 11.3. The number of hydrogen-bond donors (Lipinski definition) is 0. The van der Waals surface area contributed by atoms with E-state index in [4.69, 9.17) is 0 Å². The molecule has 0 rings (SSSR count). The second-order valence-corrected chi connectivity index (χ2v) is 5.52. The summed E-state index contributed by atoms with van der Waals surface area (Å²) >= 11 is 0. The van der Waals surface area contributed by atoms with E-state index < -0.39 is 44.9 Å². The van der Waals surface area contributed by atoms with Gasteiger partial charge in [0.25, 0.3) is 0 Å². The van der Waals surface area contributed by atoms with E-state index in [9.17, 15) is 35.8 Å². The second kappa shape index (κ2) is 6.64. The van der Waals surface area contributed by atoms with E-state index in [-0.39, 0.29) is 29.6 Å². The SMILES string of the molecule is O=P([O-])(CCC(F)(F)F)CCC(F)(F)F.[Na+]. The van der Waals surface area contributed by atoms with Crippen molar-refractivity contribution in [2.75, 3.05) is 12.3 Å². The van der Waals surface area contributed by atoms with Crippen molar-refractivity contribution in [1.82, 2.24) is 0 Å². The van der Waals surface area contributed by atoms with E-state index in [0.717, 1.165) is 0 Å². The minimum atomic E-state index is -4.67. The van der Waals surface area contributed by atoms with Gasteiger partial charge in [-0.2, -0.15) is 26.3 Å². The van der Waals surface area contributed by atoms with Crippen LogP contribution < -0.4 is 34.5 Å². The Hall–Kier alpha value is 0.770. The first-order chi connectivity index (χ1) is 6.41. The van der Waals surface area contributed by atoms with Gasteiger partial charge in [-0.15, -0.1) is 0 Å². The van der Waals surface area contributed by atoms with Crippen LogP contribution in [0, 0.1) is 0 Å². The zero-order valence-electron chi connectivity index (χ0n) is 8.36. The van der Waals surface area contributed by atoms with Crippen LogP contribution in [0.15, 0.2) is 0 Å². The molecule has 0 spiro atoms. The van der Waals surface area contributed by atoms with Crippen molar-refractivity contribution in [3.05, 3.63) is 0 Å². The maximum absolute atomic E-state index is 11.6. The summed E-state index contributed by atoms with van der Waals surface area (Å²) in [4.78, 5) is 10.8. The first-order valence-corrected chi connectivity index (χ1v) is 5.83. The minimum absolute atomic E-state index is 0. The van der Waals surface area contributed by atoms with Gasteiger partial charge in [0.1, 0.15) is 0 Å². The van der Waals surface area contributed by atoms with Crippen LogP contribution in [0.4, 0.5) is 26.3 Å². The Morgan fingerprint density at radius 2 is 1.12 bits per heavy atom. The Balaban J connectivity index is 0. The number of rotatable bonds is 4. The van der Waals surface area contributed by atoms with Gasteiger partial charge in [-0.1, -0.05) is 0 Å². The van der Waals surface area contributed by atoms with Crippen molar-refractivity contribution in [3.63, 3.8) is 0 Å². The molecule has 0 N–H and O–H groups in total. The summed E-state index contributed by atoms with van der Waals surface area (Å²) in [5.74, 6) is 0. The third-order valence-corrected chi connectivity index (χ3v) is 3.28. The monoisotopic (exact) mass is 280 g/mol. The van der Waals surface area contributed by atoms with Crippen LogP contribution in [0.25, 0.3) is 0 Å². The molecule has 0 atom stereocenters. The summed E-state index contributed by atoms with van der Waals surface area (Å²) in [5, 5.41) is 0. The molecule has 0 aliphatic carbocycles. The molecule has 0 radical (unpaired) electrons. The fourth-order valence-electron chi connectivity index (χ4n) is 0.706. The minimum Gasteiger partial charge on any atom is -0.799 e. The van der Waals surface area contributed by atoms with Crippen molar-refractivity contribution in [1.29, 1.82) is 0 Å². The Labute approximate surface area is 110 Å². The molecule has 0 saturated carbocycles. The Morgan fingerprint density at radius 1 is 0.875 bits per heavy atom. The van der Waals surface area contributed by atoms with E-state index in [1.54, 1.807) is 0 Å². The molecule has 0 aliphatic heterocycles. The first-order valence-electron chi connectivity index (χ1n) is 3.84. The molecule has 0 heterocycles. The smallest absolute Gasteiger partial charge is 0.799 e. The van der Waals surface area contributed by atoms with Crippen molar-refractivity contribution in [2.45, 2.75) is 25.2 Å². The molecule has 92 valence electrons. The van der Waals surface area contributed by atoms with Gasteiger partial charge in [0.2, 0.25) is 0 Å². The predicted molar refractivity (Wildman–Crippen MR) is 38.7 cm³/mol. The maximum atomic E-state index is 11.6. The van der Waals surface area contributed by atoms with Gasteiger partial charge in [0, 0.05) is 20.2 Å². The van der Waals surface area contributed by atoms with Crippen LogP contribution in [-0.2, 0) is 4.57 Å². The summed E-state index contributed by atoms with van der Waals surface area (Å²) < 4.78 is 80.2. The third kappa shape index (κ3) is 12.8. The van der Waals surface area contributed by atoms with E-state index in [1.807, 2.05) is 0 Å². The molecule has 0 amide bonds. The fourth-order valence-corrected chi connectivity index (χ4v) is 2.12. The van der Waals surface area contributed by atoms with Gasteiger partial charge < -0.3 is 9.46 Å². The molecule has 2 nitrogen and oxygen atoms in total. The average molecular weight is 280 g/mol. The standard InChI is InChI=1S/C6H9F6O2P.Na/c7-5(8,9)1-3-15(13,14)4-2-6(10,11)12;/h1-4H2,(H,13,14);/q;+1/p-1. The van der Waals surface area contributed by atoms with E-state index in [2.05, 4.69) is 0 Å². The molecular formula is C6H8F6NaO2P. The first kappa shape index (κ1) is 19.1. The molecule has 0 aromatic carbocycles. The van der Waals surface area contributed by atoms with E-state index in [1.165, 1.54) is 0 Å². The molecule has 0 aliphatic rings. The van der Waals surface area contributed by atoms with Crippen LogP contribution in [0.3, 0.4) is 0 Å². The molecule has 0 aromatic rings. The van der Waals surface area contributed by atoms with Crippen LogP contribution >= 0.6 is 7.37 Å². The van der Waals surface area contributed by atoms with Gasteiger partial charge in [-0.3, -0.25) is 0 Å². The van der Waals surface area contributed by atoms with Crippen molar-refractivity contribution < 1.29 is 65.4 Å². The largest absolute Gasteiger partial charge is 1.00 e. The van der Waals surface area contributed by atoms with Crippen LogP contribution in [-0.4, -0.2) is 24.7 Å². The number of halogens is 6. The molecule has 0 unspecified atom stereocenters. The van der Waals surface area contributed by atoms with E-state index >= 15 is 0 Å². The summed E-state index contributed by atoms with van der Waals surface area (Å²) in [5.41, 5.74) is 0. The van der Waals surface area contributed by atoms with Crippen LogP contribution in [0.1, 0.15) is 12.8 Å². The molecule has 0 bridgehead atoms. The van der Waals surface area contributed by atoms with E-state index in [0.29, 0.717) is 0 Å². The maximum Gasteiger partial charge on any atom is 1.00 e. The van der Waals surface area contributed by atoms with Gasteiger partial charge in [-0.05, 0) is 12.3 Å². The zero-order chi connectivity index (χ0) is 12.3. The summed E-state index contributed by atoms with van der Waals surface area (Å²) in [6.45, 7) is 0. The number of alkyl halides is 6. The quantitative estimate of drug-likeness (QED) is 0.397. The Bertz CT molecular complexity index is 228. The predicted octanol–water partition coefficient (Wildman–Crippen LogP) is -0.466. The molecule has 0 aromatic heterocycles.